The van der Waals surface area contributed by atoms with Gasteiger partial charge in [-0.25, -0.2) is 0 Å². The van der Waals surface area contributed by atoms with Crippen LogP contribution in [0.5, 0.6) is 11.5 Å². The van der Waals surface area contributed by atoms with Crippen molar-refractivity contribution in [2.45, 2.75) is 19.3 Å². The summed E-state index contributed by atoms with van der Waals surface area (Å²) in [4.78, 5) is 12.2. The Morgan fingerprint density at radius 3 is 2.09 bits per heavy atom. The molecule has 12 heteroatoms. The molecule has 0 bridgehead atoms. The Kier molecular flexibility index (Phi) is 6.99. The van der Waals surface area contributed by atoms with E-state index >= 15 is 0 Å². The van der Waals surface area contributed by atoms with E-state index in [-0.39, 0.29) is 44.5 Å². The van der Waals surface area contributed by atoms with Crippen LogP contribution in [0.1, 0.15) is 23.6 Å². The number of amides is 1. The summed E-state index contributed by atoms with van der Waals surface area (Å²) in [5.74, 6) is -0.439. The highest BCUT2D eigenvalue weighted by atomic mass is 32.2. The van der Waals surface area contributed by atoms with Gasteiger partial charge in [0, 0.05) is 5.56 Å². The van der Waals surface area contributed by atoms with Gasteiger partial charge in [-0.2, -0.15) is 26.3 Å². The molecule has 1 aliphatic heterocycles. The van der Waals surface area contributed by atoms with Gasteiger partial charge in [0.25, 0.3) is 5.91 Å². The van der Waals surface area contributed by atoms with Crippen molar-refractivity contribution in [1.29, 1.82) is 0 Å². The number of nitrogens with one attached hydrogen (secondary N) is 1. The van der Waals surface area contributed by atoms with E-state index in [0.717, 1.165) is 11.8 Å². The second kappa shape index (κ2) is 9.26. The number of rotatable bonds is 5. The lowest BCUT2D eigenvalue weighted by Crippen LogP contribution is -2.17. The van der Waals surface area contributed by atoms with Crippen molar-refractivity contribution in [1.82, 2.24) is 5.32 Å². The molecule has 4 nitrogen and oxygen atoms in total. The summed E-state index contributed by atoms with van der Waals surface area (Å²) in [5.41, 5.74) is -3.09. The van der Waals surface area contributed by atoms with Gasteiger partial charge in [-0.1, -0.05) is 24.0 Å². The lowest BCUT2D eigenvalue weighted by atomic mass is 9.96. The first-order chi connectivity index (χ1) is 15.3. The predicted molar refractivity (Wildman–Crippen MR) is 116 cm³/mol. The van der Waals surface area contributed by atoms with Crippen molar-refractivity contribution in [3.05, 3.63) is 51.9 Å². The first kappa shape index (κ1) is 24.9. The maximum Gasteiger partial charge on any atom is 0.416 e. The van der Waals surface area contributed by atoms with Crippen LogP contribution in [0.2, 0.25) is 0 Å². The zero-order chi connectivity index (χ0) is 24.6. The molecule has 0 radical (unpaired) electrons. The Bertz CT molecular complexity index is 1110. The van der Waals surface area contributed by atoms with Crippen molar-refractivity contribution in [3.63, 3.8) is 0 Å². The number of benzene rings is 2. The Morgan fingerprint density at radius 1 is 1.03 bits per heavy atom. The molecular weight excluding hydrogens is 492 g/mol. The number of alkyl halides is 6. The zero-order valence-corrected chi connectivity index (χ0v) is 18.6. The van der Waals surface area contributed by atoms with E-state index in [1.165, 1.54) is 25.3 Å². The highest BCUT2D eigenvalue weighted by Gasteiger charge is 2.37. The zero-order valence-electron chi connectivity index (χ0n) is 17.0. The summed E-state index contributed by atoms with van der Waals surface area (Å²) in [5, 5.41) is 2.43. The number of hydrogen-bond donors (Lipinski definition) is 1. The number of methoxy groups -OCH3 is 1. The molecule has 176 valence electrons. The van der Waals surface area contributed by atoms with Crippen molar-refractivity contribution in [3.8, 4) is 22.6 Å². The second-order valence-electron chi connectivity index (χ2n) is 6.68. The molecule has 1 amide bonds. The lowest BCUT2D eigenvalue weighted by Gasteiger charge is -2.18. The highest BCUT2D eigenvalue weighted by Crippen LogP contribution is 2.44. The normalized spacial score (nSPS) is 15.7. The van der Waals surface area contributed by atoms with Crippen LogP contribution in [0.15, 0.2) is 35.2 Å². The van der Waals surface area contributed by atoms with Gasteiger partial charge in [-0.3, -0.25) is 4.79 Å². The quantitative estimate of drug-likeness (QED) is 0.293. The molecule has 0 aliphatic carbocycles. The third kappa shape index (κ3) is 5.61. The monoisotopic (exact) mass is 507 g/mol. The smallest absolute Gasteiger partial charge is 0.416 e. The molecule has 3 rings (SSSR count). The first-order valence-corrected chi connectivity index (χ1v) is 10.5. The van der Waals surface area contributed by atoms with E-state index in [1.54, 1.807) is 6.92 Å². The molecule has 1 heterocycles. The van der Waals surface area contributed by atoms with E-state index in [2.05, 4.69) is 5.32 Å². The van der Waals surface area contributed by atoms with Gasteiger partial charge in [0.2, 0.25) is 0 Å². The minimum absolute atomic E-state index is 0.0473. The van der Waals surface area contributed by atoms with Gasteiger partial charge in [-0.05, 0) is 54.5 Å². The van der Waals surface area contributed by atoms with E-state index < -0.39 is 29.4 Å². The minimum atomic E-state index is -5.01. The van der Waals surface area contributed by atoms with Crippen LogP contribution in [0, 0.1) is 0 Å². The van der Waals surface area contributed by atoms with Crippen LogP contribution >= 0.6 is 24.0 Å². The first-order valence-electron chi connectivity index (χ1n) is 9.23. The molecular formula is C21H15F6NO3S2. The number of carbonyl (C=O) groups is 1. The number of ether oxygens (including phenoxy) is 2. The van der Waals surface area contributed by atoms with E-state index in [0.29, 0.717) is 17.7 Å². The SMILES string of the molecule is CCOc1cc(/C=C2\SC(=S)NC2=O)cc(-c2cc(C(F)(F)F)cc(C(F)(F)F)c2)c1OC. The Labute approximate surface area is 193 Å². The molecule has 0 aromatic heterocycles. The fourth-order valence-electron chi connectivity index (χ4n) is 3.08. The van der Waals surface area contributed by atoms with Crippen molar-refractivity contribution >= 4 is 40.3 Å². The van der Waals surface area contributed by atoms with Crippen LogP contribution in [0.25, 0.3) is 17.2 Å². The summed E-state index contributed by atoms with van der Waals surface area (Å²) in [6.07, 6.45) is -8.62. The number of halogens is 6. The summed E-state index contributed by atoms with van der Waals surface area (Å²) in [7, 11) is 1.22. The van der Waals surface area contributed by atoms with Crippen LogP contribution in [-0.2, 0) is 17.1 Å². The lowest BCUT2D eigenvalue weighted by molar-refractivity contribution is -0.143. The molecule has 1 N–H and O–H groups in total. The Morgan fingerprint density at radius 2 is 1.64 bits per heavy atom. The fourth-order valence-corrected chi connectivity index (χ4v) is 4.12. The molecule has 33 heavy (non-hydrogen) atoms. The molecule has 1 saturated heterocycles. The van der Waals surface area contributed by atoms with Crippen LogP contribution in [-0.4, -0.2) is 23.9 Å². The summed E-state index contributed by atoms with van der Waals surface area (Å²) in [6, 6.07) is 4.04. The third-order valence-electron chi connectivity index (χ3n) is 4.42. The standard InChI is InChI=1S/C21H15F6NO3S2/c1-3-31-15-5-10(6-16-18(29)28-19(32)33-16)4-14(17(15)30-2)11-7-12(20(22,23)24)9-13(8-11)21(25,26)27/h4-9H,3H2,1-2H3,(H,28,29,32)/b16-6-. The molecule has 0 saturated carbocycles. The average Bonchev–Trinajstić information content (AvgIpc) is 3.03. The second-order valence-corrected chi connectivity index (χ2v) is 8.40. The molecule has 0 spiro atoms. The largest absolute Gasteiger partial charge is 0.492 e. The van der Waals surface area contributed by atoms with Gasteiger partial charge in [0.05, 0.1) is 29.7 Å². The fraction of sp³-hybridized carbons (Fsp3) is 0.238. The van der Waals surface area contributed by atoms with E-state index in [1.807, 2.05) is 0 Å². The number of thioether (sulfide) groups is 1. The maximum absolute atomic E-state index is 13.4. The summed E-state index contributed by atoms with van der Waals surface area (Å²) >= 11 is 5.90. The number of carbonyl (C=O) groups excluding carboxylic acids is 1. The van der Waals surface area contributed by atoms with Gasteiger partial charge < -0.3 is 14.8 Å². The highest BCUT2D eigenvalue weighted by molar-refractivity contribution is 8.26. The molecule has 0 atom stereocenters. The van der Waals surface area contributed by atoms with Crippen molar-refractivity contribution in [2.24, 2.45) is 0 Å². The molecule has 2 aromatic rings. The van der Waals surface area contributed by atoms with E-state index in [4.69, 9.17) is 21.7 Å². The van der Waals surface area contributed by atoms with Crippen molar-refractivity contribution < 1.29 is 40.6 Å². The Balaban J connectivity index is 2.29. The minimum Gasteiger partial charge on any atom is -0.492 e. The topological polar surface area (TPSA) is 47.6 Å². The average molecular weight is 507 g/mol. The summed E-state index contributed by atoms with van der Waals surface area (Å²) in [6.45, 7) is 1.79. The van der Waals surface area contributed by atoms with Crippen molar-refractivity contribution in [2.75, 3.05) is 13.7 Å². The van der Waals surface area contributed by atoms with Crippen LogP contribution in [0.3, 0.4) is 0 Å². The summed E-state index contributed by atoms with van der Waals surface area (Å²) < 4.78 is 91.2. The van der Waals surface area contributed by atoms with Gasteiger partial charge in [-0.15, -0.1) is 0 Å². The van der Waals surface area contributed by atoms with Gasteiger partial charge >= 0.3 is 12.4 Å². The molecule has 1 aliphatic rings. The van der Waals surface area contributed by atoms with Gasteiger partial charge in [0.15, 0.2) is 11.5 Å². The van der Waals surface area contributed by atoms with Crippen LogP contribution < -0.4 is 14.8 Å². The number of thiocarbonyl (C=S) groups is 1. The third-order valence-corrected chi connectivity index (χ3v) is 5.58. The Hall–Kier alpha value is -2.73. The van der Waals surface area contributed by atoms with Crippen LogP contribution in [0.4, 0.5) is 26.3 Å². The molecule has 1 fully saturated rings. The van der Waals surface area contributed by atoms with Gasteiger partial charge in [0.1, 0.15) is 4.32 Å². The number of hydrogen-bond acceptors (Lipinski definition) is 5. The predicted octanol–water partition coefficient (Wildman–Crippen LogP) is 6.29. The van der Waals surface area contributed by atoms with E-state index in [9.17, 15) is 31.1 Å². The molecule has 0 unspecified atom stereocenters. The molecule has 2 aromatic carbocycles. The maximum atomic E-state index is 13.4.